The second kappa shape index (κ2) is 11.5. The minimum atomic E-state index is -0.323. The van der Waals surface area contributed by atoms with Crippen LogP contribution in [-0.4, -0.2) is 41.0 Å². The molecule has 1 N–H and O–H groups in total. The zero-order valence-electron chi connectivity index (χ0n) is 19.2. The molecular weight excluding hydrogens is 420 g/mol. The number of benzene rings is 3. The number of hydrogen-bond acceptors (Lipinski definition) is 5. The van der Waals surface area contributed by atoms with Gasteiger partial charge in [-0.1, -0.05) is 36.4 Å². The minimum Gasteiger partial charge on any atom is -0.497 e. The topological polar surface area (TPSA) is 69.3 Å². The molecule has 0 aliphatic rings. The van der Waals surface area contributed by atoms with Gasteiger partial charge < -0.3 is 24.3 Å². The minimum absolute atomic E-state index is 0.288. The predicted molar refractivity (Wildman–Crippen MR) is 131 cm³/mol. The molecule has 0 atom stereocenters. The summed E-state index contributed by atoms with van der Waals surface area (Å²) in [7, 11) is 6.35. The van der Waals surface area contributed by atoms with Crippen molar-refractivity contribution in [1.29, 1.82) is 0 Å². The lowest BCUT2D eigenvalue weighted by Gasteiger charge is -2.24. The SMILES string of the molecule is COc1cccc(NC(=O)N(C/C=C/c2ccccc2OC)c2ccc(OC)cc2OC)c1. The lowest BCUT2D eigenvalue weighted by atomic mass is 10.2. The van der Waals surface area contributed by atoms with Crippen LogP contribution in [0.5, 0.6) is 23.0 Å². The number of methoxy groups -OCH3 is 4. The maximum Gasteiger partial charge on any atom is 0.326 e. The van der Waals surface area contributed by atoms with Crippen LogP contribution in [0.15, 0.2) is 72.8 Å². The van der Waals surface area contributed by atoms with Crippen LogP contribution in [0.25, 0.3) is 6.08 Å². The number of carbonyl (C=O) groups is 1. The Kier molecular flexibility index (Phi) is 8.18. The fourth-order valence-corrected chi connectivity index (χ4v) is 3.28. The second-order valence-electron chi connectivity index (χ2n) is 6.95. The molecule has 33 heavy (non-hydrogen) atoms. The lowest BCUT2D eigenvalue weighted by Crippen LogP contribution is -2.35. The van der Waals surface area contributed by atoms with Gasteiger partial charge in [0.15, 0.2) is 0 Å². The highest BCUT2D eigenvalue weighted by Gasteiger charge is 2.20. The summed E-state index contributed by atoms with van der Waals surface area (Å²) >= 11 is 0. The van der Waals surface area contributed by atoms with Crippen LogP contribution < -0.4 is 29.2 Å². The van der Waals surface area contributed by atoms with E-state index in [-0.39, 0.29) is 12.6 Å². The van der Waals surface area contributed by atoms with E-state index in [1.807, 2.05) is 48.6 Å². The molecule has 0 unspecified atom stereocenters. The molecule has 7 nitrogen and oxygen atoms in total. The fraction of sp³-hybridized carbons (Fsp3) is 0.192. The van der Waals surface area contributed by atoms with E-state index in [4.69, 9.17) is 18.9 Å². The molecule has 7 heteroatoms. The molecule has 0 saturated heterocycles. The normalized spacial score (nSPS) is 10.5. The van der Waals surface area contributed by atoms with Crippen molar-refractivity contribution < 1.29 is 23.7 Å². The molecule has 0 aliphatic carbocycles. The molecule has 0 radical (unpaired) electrons. The summed E-state index contributed by atoms with van der Waals surface area (Å²) < 4.78 is 21.5. The van der Waals surface area contributed by atoms with Crippen molar-refractivity contribution in [3.8, 4) is 23.0 Å². The highest BCUT2D eigenvalue weighted by Crippen LogP contribution is 2.33. The van der Waals surface area contributed by atoms with E-state index >= 15 is 0 Å². The Morgan fingerprint density at radius 3 is 2.27 bits per heavy atom. The number of rotatable bonds is 9. The molecule has 0 fully saturated rings. The number of nitrogens with one attached hydrogen (secondary N) is 1. The van der Waals surface area contributed by atoms with Crippen molar-refractivity contribution in [2.75, 3.05) is 45.2 Å². The number of anilines is 2. The molecule has 3 rings (SSSR count). The van der Waals surface area contributed by atoms with Crippen molar-refractivity contribution in [3.05, 3.63) is 78.4 Å². The van der Waals surface area contributed by atoms with E-state index in [0.29, 0.717) is 28.6 Å². The first kappa shape index (κ1) is 23.5. The molecule has 0 spiro atoms. The summed E-state index contributed by atoms with van der Waals surface area (Å²) in [6, 6.07) is 19.9. The van der Waals surface area contributed by atoms with Crippen molar-refractivity contribution >= 4 is 23.5 Å². The average Bonchev–Trinajstić information content (AvgIpc) is 2.86. The molecule has 0 heterocycles. The van der Waals surface area contributed by atoms with Crippen molar-refractivity contribution in [2.45, 2.75) is 0 Å². The monoisotopic (exact) mass is 448 g/mol. The number of urea groups is 1. The van der Waals surface area contributed by atoms with E-state index < -0.39 is 0 Å². The van der Waals surface area contributed by atoms with Crippen LogP contribution >= 0.6 is 0 Å². The van der Waals surface area contributed by atoms with E-state index in [1.54, 1.807) is 63.7 Å². The van der Waals surface area contributed by atoms with Crippen molar-refractivity contribution in [1.82, 2.24) is 0 Å². The van der Waals surface area contributed by atoms with Crippen LogP contribution in [0.2, 0.25) is 0 Å². The molecular formula is C26H28N2O5. The zero-order chi connectivity index (χ0) is 23.6. The molecule has 0 bridgehead atoms. The summed E-state index contributed by atoms with van der Waals surface area (Å²) in [6.45, 7) is 0.288. The van der Waals surface area contributed by atoms with Gasteiger partial charge in [0.1, 0.15) is 23.0 Å². The lowest BCUT2D eigenvalue weighted by molar-refractivity contribution is 0.257. The van der Waals surface area contributed by atoms with Crippen LogP contribution in [0.4, 0.5) is 16.2 Å². The molecule has 3 aromatic rings. The third kappa shape index (κ3) is 5.98. The van der Waals surface area contributed by atoms with Crippen molar-refractivity contribution in [2.24, 2.45) is 0 Å². The van der Waals surface area contributed by atoms with Gasteiger partial charge >= 0.3 is 6.03 Å². The molecule has 0 aromatic heterocycles. The van der Waals surface area contributed by atoms with Gasteiger partial charge in [-0.2, -0.15) is 0 Å². The molecule has 172 valence electrons. The highest BCUT2D eigenvalue weighted by atomic mass is 16.5. The van der Waals surface area contributed by atoms with Gasteiger partial charge in [0.25, 0.3) is 0 Å². The highest BCUT2D eigenvalue weighted by molar-refractivity contribution is 6.03. The van der Waals surface area contributed by atoms with E-state index in [1.165, 1.54) is 0 Å². The van der Waals surface area contributed by atoms with E-state index in [9.17, 15) is 4.79 Å². The van der Waals surface area contributed by atoms with Gasteiger partial charge in [-0.15, -0.1) is 0 Å². The summed E-state index contributed by atoms with van der Waals surface area (Å²) in [5, 5.41) is 2.93. The summed E-state index contributed by atoms with van der Waals surface area (Å²) in [4.78, 5) is 14.9. The van der Waals surface area contributed by atoms with Crippen molar-refractivity contribution in [3.63, 3.8) is 0 Å². The Morgan fingerprint density at radius 2 is 1.55 bits per heavy atom. The van der Waals surface area contributed by atoms with Gasteiger partial charge in [-0.05, 0) is 30.3 Å². The maximum atomic E-state index is 13.3. The average molecular weight is 449 g/mol. The Bertz CT molecular complexity index is 1110. The number of amides is 2. The summed E-state index contributed by atoms with van der Waals surface area (Å²) in [5.74, 6) is 2.55. The van der Waals surface area contributed by atoms with Crippen LogP contribution in [0.1, 0.15) is 5.56 Å². The Hall–Kier alpha value is -4.13. The third-order valence-corrected chi connectivity index (χ3v) is 4.97. The number of hydrogen-bond donors (Lipinski definition) is 1. The van der Waals surface area contributed by atoms with Crippen LogP contribution in [0.3, 0.4) is 0 Å². The Balaban J connectivity index is 1.92. The number of nitrogens with zero attached hydrogens (tertiary/aromatic N) is 1. The molecule has 2 amide bonds. The standard InChI is InChI=1S/C26H28N2O5/c1-30-21-12-7-11-20(17-21)27-26(29)28(23-15-14-22(31-2)18-25(23)33-4)16-8-10-19-9-5-6-13-24(19)32-3/h5-15,17-18H,16H2,1-4H3,(H,27,29)/b10-8+. The van der Waals surface area contributed by atoms with Gasteiger partial charge in [-0.3, -0.25) is 4.90 Å². The first-order chi connectivity index (χ1) is 16.1. The first-order valence-electron chi connectivity index (χ1n) is 10.3. The largest absolute Gasteiger partial charge is 0.497 e. The Labute approximate surface area is 194 Å². The first-order valence-corrected chi connectivity index (χ1v) is 10.3. The molecule has 3 aromatic carbocycles. The van der Waals surface area contributed by atoms with Gasteiger partial charge in [0.2, 0.25) is 0 Å². The van der Waals surface area contributed by atoms with Crippen LogP contribution in [0, 0.1) is 0 Å². The fourth-order valence-electron chi connectivity index (χ4n) is 3.28. The smallest absolute Gasteiger partial charge is 0.326 e. The van der Waals surface area contributed by atoms with Gasteiger partial charge in [0.05, 0.1) is 34.1 Å². The number of ether oxygens (including phenoxy) is 4. The number of carbonyl (C=O) groups excluding carboxylic acids is 1. The summed E-state index contributed by atoms with van der Waals surface area (Å²) in [5.41, 5.74) is 2.13. The van der Waals surface area contributed by atoms with E-state index in [0.717, 1.165) is 11.3 Å². The second-order valence-corrected chi connectivity index (χ2v) is 6.95. The van der Waals surface area contributed by atoms with Gasteiger partial charge in [-0.25, -0.2) is 4.79 Å². The molecule has 0 saturated carbocycles. The summed E-state index contributed by atoms with van der Waals surface area (Å²) in [6.07, 6.45) is 3.81. The molecule has 0 aliphatic heterocycles. The maximum absolute atomic E-state index is 13.3. The third-order valence-electron chi connectivity index (χ3n) is 4.97. The van der Waals surface area contributed by atoms with Gasteiger partial charge in [0, 0.05) is 29.9 Å². The predicted octanol–water partition coefficient (Wildman–Crippen LogP) is 5.47. The van der Waals surface area contributed by atoms with E-state index in [2.05, 4.69) is 5.32 Å². The number of para-hydroxylation sites is 1. The quantitative estimate of drug-likeness (QED) is 0.470. The Morgan fingerprint density at radius 1 is 0.818 bits per heavy atom. The zero-order valence-corrected chi connectivity index (χ0v) is 19.2. The van der Waals surface area contributed by atoms with Crippen LogP contribution in [-0.2, 0) is 0 Å².